The summed E-state index contributed by atoms with van der Waals surface area (Å²) in [6.45, 7) is 3.20. The minimum atomic E-state index is -1.46. The molecule has 27 heavy (non-hydrogen) atoms. The second-order valence-electron chi connectivity index (χ2n) is 7.72. The van der Waals surface area contributed by atoms with Crippen molar-refractivity contribution in [3.05, 3.63) is 42.0 Å². The average Bonchev–Trinajstić information content (AvgIpc) is 3.40. The summed E-state index contributed by atoms with van der Waals surface area (Å²) in [5, 5.41) is 8.44. The lowest BCUT2D eigenvalue weighted by Gasteiger charge is -2.20. The zero-order valence-corrected chi connectivity index (χ0v) is 15.3. The first-order valence-corrected chi connectivity index (χ1v) is 9.29. The van der Waals surface area contributed by atoms with Gasteiger partial charge in [0, 0.05) is 28.8 Å². The number of halogens is 1. The maximum atomic E-state index is 15.1. The molecular weight excluding hydrogens is 345 g/mol. The third-order valence-electron chi connectivity index (χ3n) is 5.41. The Morgan fingerprint density at radius 3 is 2.70 bits per heavy atom. The fourth-order valence-corrected chi connectivity index (χ4v) is 4.06. The van der Waals surface area contributed by atoms with Gasteiger partial charge in [0.15, 0.2) is 0 Å². The molecule has 0 saturated heterocycles. The summed E-state index contributed by atoms with van der Waals surface area (Å²) in [5.74, 6) is 0.745. The number of pyridine rings is 2. The maximum Gasteiger partial charge on any atom is 0.267 e. The van der Waals surface area contributed by atoms with E-state index in [1.807, 2.05) is 28.8 Å². The molecule has 0 amide bonds. The van der Waals surface area contributed by atoms with Gasteiger partial charge < -0.3 is 4.42 Å². The van der Waals surface area contributed by atoms with Crippen LogP contribution in [0.5, 0.6) is 0 Å². The van der Waals surface area contributed by atoms with Crippen LogP contribution in [0.4, 0.5) is 4.39 Å². The van der Waals surface area contributed by atoms with E-state index in [1.54, 1.807) is 13.8 Å². The van der Waals surface area contributed by atoms with Crippen LogP contribution in [-0.4, -0.2) is 24.6 Å². The van der Waals surface area contributed by atoms with Gasteiger partial charge in [-0.15, -0.1) is 10.2 Å². The molecule has 6 nitrogen and oxygen atoms in total. The highest BCUT2D eigenvalue weighted by molar-refractivity contribution is 5.83. The molecule has 4 aromatic heterocycles. The molecule has 0 unspecified atom stereocenters. The summed E-state index contributed by atoms with van der Waals surface area (Å²) in [6, 6.07) is 5.73. The topological polar surface area (TPSA) is 69.1 Å². The molecule has 1 saturated carbocycles. The van der Waals surface area contributed by atoms with E-state index in [-0.39, 0.29) is 0 Å². The molecule has 138 valence electrons. The van der Waals surface area contributed by atoms with Gasteiger partial charge in [-0.1, -0.05) is 12.8 Å². The van der Waals surface area contributed by atoms with Gasteiger partial charge >= 0.3 is 0 Å². The smallest absolute Gasteiger partial charge is 0.267 e. The van der Waals surface area contributed by atoms with Crippen molar-refractivity contribution in [2.24, 2.45) is 0 Å². The highest BCUT2D eigenvalue weighted by Gasteiger charge is 2.27. The zero-order valence-electron chi connectivity index (χ0n) is 15.3. The lowest BCUT2D eigenvalue weighted by Crippen LogP contribution is -2.13. The number of imidazole rings is 1. The molecule has 0 spiro atoms. The second kappa shape index (κ2) is 5.84. The minimum Gasteiger partial charge on any atom is -0.422 e. The minimum absolute atomic E-state index is 0.352. The lowest BCUT2D eigenvalue weighted by atomic mass is 9.93. The molecular formula is C20H20FN5O. The Balaban J connectivity index is 1.80. The average molecular weight is 365 g/mol. The van der Waals surface area contributed by atoms with E-state index in [0.29, 0.717) is 23.1 Å². The fraction of sp³-hybridized carbons (Fsp3) is 0.400. The Bertz CT molecular complexity index is 1120. The number of fused-ring (bicyclic) bond motifs is 3. The van der Waals surface area contributed by atoms with Crippen molar-refractivity contribution in [3.63, 3.8) is 0 Å². The van der Waals surface area contributed by atoms with Crippen molar-refractivity contribution in [3.8, 4) is 11.6 Å². The van der Waals surface area contributed by atoms with E-state index in [4.69, 9.17) is 9.40 Å². The van der Waals surface area contributed by atoms with Gasteiger partial charge in [0.05, 0.1) is 0 Å². The van der Waals surface area contributed by atoms with E-state index in [0.717, 1.165) is 35.2 Å². The molecule has 0 aromatic carbocycles. The maximum absolute atomic E-state index is 15.1. The van der Waals surface area contributed by atoms with Gasteiger partial charge in [0.1, 0.15) is 22.7 Å². The molecule has 0 N–H and O–H groups in total. The first kappa shape index (κ1) is 16.4. The van der Waals surface area contributed by atoms with E-state index >= 15 is 4.39 Å². The Labute approximate surface area is 155 Å². The molecule has 0 bridgehead atoms. The van der Waals surface area contributed by atoms with Gasteiger partial charge in [0.2, 0.25) is 6.39 Å². The quantitative estimate of drug-likeness (QED) is 0.522. The highest BCUT2D eigenvalue weighted by Crippen LogP contribution is 2.38. The largest absolute Gasteiger partial charge is 0.422 e. The van der Waals surface area contributed by atoms with Crippen LogP contribution < -0.4 is 0 Å². The van der Waals surface area contributed by atoms with Crippen molar-refractivity contribution < 1.29 is 8.81 Å². The molecule has 5 rings (SSSR count). The standard InChI is InChI=1S/C20H20FN5O/c1-20(2,21)14-9-15(12-5-3-4-6-12)24-18-13(14)7-8-17-23-16(10-26(17)18)19-25-22-11-27-19/h7-12H,3-6H2,1-2H3. The van der Waals surface area contributed by atoms with Crippen molar-refractivity contribution in [1.82, 2.24) is 24.6 Å². The zero-order chi connectivity index (χ0) is 18.6. The number of nitrogens with zero attached hydrogens (tertiary/aromatic N) is 5. The van der Waals surface area contributed by atoms with Crippen LogP contribution in [0, 0.1) is 0 Å². The van der Waals surface area contributed by atoms with Crippen molar-refractivity contribution in [1.29, 1.82) is 0 Å². The Morgan fingerprint density at radius 2 is 2.00 bits per heavy atom. The fourth-order valence-electron chi connectivity index (χ4n) is 4.06. The summed E-state index contributed by atoms with van der Waals surface area (Å²) >= 11 is 0. The first-order chi connectivity index (χ1) is 13.0. The molecule has 1 aliphatic rings. The molecule has 4 heterocycles. The first-order valence-electron chi connectivity index (χ1n) is 9.29. The summed E-state index contributed by atoms with van der Waals surface area (Å²) < 4.78 is 22.2. The van der Waals surface area contributed by atoms with Gasteiger partial charge in [-0.3, -0.25) is 4.40 Å². The van der Waals surface area contributed by atoms with Crippen LogP contribution in [0.15, 0.2) is 35.2 Å². The van der Waals surface area contributed by atoms with Crippen LogP contribution in [0.1, 0.15) is 56.7 Å². The Morgan fingerprint density at radius 1 is 1.19 bits per heavy atom. The Hall–Kier alpha value is -2.83. The number of hydrogen-bond acceptors (Lipinski definition) is 5. The van der Waals surface area contributed by atoms with Crippen molar-refractivity contribution in [2.45, 2.75) is 51.1 Å². The van der Waals surface area contributed by atoms with E-state index in [2.05, 4.69) is 15.2 Å². The number of aromatic nitrogens is 5. The van der Waals surface area contributed by atoms with Gasteiger partial charge in [-0.25, -0.2) is 14.4 Å². The molecule has 1 aliphatic carbocycles. The van der Waals surface area contributed by atoms with Crippen LogP contribution in [0.2, 0.25) is 0 Å². The molecule has 4 aromatic rings. The molecule has 0 radical (unpaired) electrons. The van der Waals surface area contributed by atoms with Crippen LogP contribution in [0.3, 0.4) is 0 Å². The van der Waals surface area contributed by atoms with E-state index < -0.39 is 5.67 Å². The molecule has 1 fully saturated rings. The van der Waals surface area contributed by atoms with Crippen LogP contribution in [0.25, 0.3) is 28.3 Å². The van der Waals surface area contributed by atoms with Crippen molar-refractivity contribution >= 4 is 16.7 Å². The monoisotopic (exact) mass is 365 g/mol. The molecule has 0 aliphatic heterocycles. The van der Waals surface area contributed by atoms with Gasteiger partial charge in [-0.2, -0.15) is 0 Å². The van der Waals surface area contributed by atoms with E-state index in [1.165, 1.54) is 19.2 Å². The molecule has 0 atom stereocenters. The summed E-state index contributed by atoms with van der Waals surface area (Å²) in [5.41, 5.74) is 2.20. The van der Waals surface area contributed by atoms with Gasteiger partial charge in [0.25, 0.3) is 5.89 Å². The summed E-state index contributed by atoms with van der Waals surface area (Å²) in [7, 11) is 0. The normalized spacial score (nSPS) is 16.0. The second-order valence-corrected chi connectivity index (χ2v) is 7.72. The number of alkyl halides is 1. The third-order valence-corrected chi connectivity index (χ3v) is 5.41. The predicted molar refractivity (Wildman–Crippen MR) is 99.1 cm³/mol. The third kappa shape index (κ3) is 2.69. The number of hydrogen-bond donors (Lipinski definition) is 0. The summed E-state index contributed by atoms with van der Waals surface area (Å²) in [6.07, 6.45) is 7.73. The lowest BCUT2D eigenvalue weighted by molar-refractivity contribution is 0.223. The highest BCUT2D eigenvalue weighted by atomic mass is 19.1. The van der Waals surface area contributed by atoms with E-state index in [9.17, 15) is 0 Å². The van der Waals surface area contributed by atoms with Crippen molar-refractivity contribution in [2.75, 3.05) is 0 Å². The predicted octanol–water partition coefficient (Wildman–Crippen LogP) is 4.79. The SMILES string of the molecule is CC(C)(F)c1cc(C2CCCC2)nc2c1ccc1nc(-c3nnco3)cn12. The van der Waals surface area contributed by atoms with Crippen LogP contribution in [-0.2, 0) is 5.67 Å². The summed E-state index contributed by atoms with van der Waals surface area (Å²) in [4.78, 5) is 9.50. The Kier molecular flexibility index (Phi) is 3.54. The van der Waals surface area contributed by atoms with Crippen LogP contribution >= 0.6 is 0 Å². The van der Waals surface area contributed by atoms with Gasteiger partial charge in [-0.05, 0) is 44.9 Å². The number of rotatable bonds is 3. The molecule has 7 heteroatoms.